The van der Waals surface area contributed by atoms with Crippen molar-refractivity contribution in [2.75, 3.05) is 18.1 Å². The molecule has 1 aromatic rings. The number of nitrogens with zero attached hydrogens (tertiary/aromatic N) is 1. The monoisotopic (exact) mass is 282 g/mol. The molecule has 19 heavy (non-hydrogen) atoms. The van der Waals surface area contributed by atoms with Gasteiger partial charge in [0.15, 0.2) is 9.84 Å². The highest BCUT2D eigenvalue weighted by Gasteiger charge is 2.27. The van der Waals surface area contributed by atoms with Crippen LogP contribution in [0.2, 0.25) is 0 Å². The molecule has 1 saturated heterocycles. The average molecular weight is 282 g/mol. The molecule has 1 amide bonds. The van der Waals surface area contributed by atoms with Crippen LogP contribution in [0.25, 0.3) is 0 Å². The predicted molar refractivity (Wildman–Crippen MR) is 72.6 cm³/mol. The Bertz CT molecular complexity index is 528. The second kappa shape index (κ2) is 6.14. The van der Waals surface area contributed by atoms with Crippen molar-refractivity contribution in [3.63, 3.8) is 0 Å². The molecule has 1 atom stereocenters. The van der Waals surface area contributed by atoms with Gasteiger partial charge in [-0.25, -0.2) is 8.42 Å². The minimum atomic E-state index is -2.79. The van der Waals surface area contributed by atoms with E-state index < -0.39 is 9.84 Å². The second-order valence-corrected chi connectivity index (χ2v) is 7.11. The summed E-state index contributed by atoms with van der Waals surface area (Å²) in [4.78, 5) is 15.6. The fraction of sp³-hybridized carbons (Fsp3) is 0.538. The number of pyridine rings is 1. The molecule has 0 aliphatic carbocycles. The number of nitrogens with one attached hydrogen (secondary N) is 1. The summed E-state index contributed by atoms with van der Waals surface area (Å²) in [5.41, 5.74) is 0.408. The number of sulfone groups is 1. The van der Waals surface area contributed by atoms with Crippen LogP contribution in [-0.4, -0.2) is 37.4 Å². The highest BCUT2D eigenvalue weighted by molar-refractivity contribution is 7.91. The SMILES string of the molecule is O=C(NCCCC1CCS(=O)(=O)C1)c1ccccn1. The Morgan fingerprint density at radius 3 is 2.89 bits per heavy atom. The fourth-order valence-electron chi connectivity index (χ4n) is 2.28. The average Bonchev–Trinajstić information content (AvgIpc) is 2.75. The van der Waals surface area contributed by atoms with Gasteiger partial charge in [-0.2, -0.15) is 0 Å². The molecule has 1 aliphatic heterocycles. The molecule has 0 saturated carbocycles. The molecule has 1 aromatic heterocycles. The number of carbonyl (C=O) groups is 1. The highest BCUT2D eigenvalue weighted by atomic mass is 32.2. The van der Waals surface area contributed by atoms with Gasteiger partial charge in [0, 0.05) is 12.7 Å². The maximum Gasteiger partial charge on any atom is 0.269 e. The maximum absolute atomic E-state index is 11.7. The van der Waals surface area contributed by atoms with Gasteiger partial charge in [-0.1, -0.05) is 6.07 Å². The molecule has 5 nitrogen and oxygen atoms in total. The van der Waals surface area contributed by atoms with Crippen molar-refractivity contribution in [1.82, 2.24) is 10.3 Å². The summed E-state index contributed by atoms with van der Waals surface area (Å²) in [6, 6.07) is 5.20. The number of carbonyl (C=O) groups excluding carboxylic acids is 1. The van der Waals surface area contributed by atoms with E-state index in [0.29, 0.717) is 23.7 Å². The van der Waals surface area contributed by atoms with Crippen molar-refractivity contribution >= 4 is 15.7 Å². The van der Waals surface area contributed by atoms with Crippen LogP contribution in [0.1, 0.15) is 29.8 Å². The largest absolute Gasteiger partial charge is 0.351 e. The molecule has 2 rings (SSSR count). The Morgan fingerprint density at radius 2 is 2.26 bits per heavy atom. The molecule has 0 spiro atoms. The van der Waals surface area contributed by atoms with E-state index >= 15 is 0 Å². The van der Waals surface area contributed by atoms with Crippen LogP contribution in [0.15, 0.2) is 24.4 Å². The second-order valence-electron chi connectivity index (χ2n) is 4.88. The molecule has 1 fully saturated rings. The van der Waals surface area contributed by atoms with Crippen molar-refractivity contribution in [2.24, 2.45) is 5.92 Å². The van der Waals surface area contributed by atoms with E-state index in [4.69, 9.17) is 0 Å². The van der Waals surface area contributed by atoms with E-state index in [1.165, 1.54) is 0 Å². The molecule has 1 unspecified atom stereocenters. The van der Waals surface area contributed by atoms with Gasteiger partial charge in [-0.15, -0.1) is 0 Å². The number of hydrogen-bond acceptors (Lipinski definition) is 4. The van der Waals surface area contributed by atoms with Gasteiger partial charge < -0.3 is 5.32 Å². The normalized spacial score (nSPS) is 21.2. The number of rotatable bonds is 5. The van der Waals surface area contributed by atoms with E-state index in [1.54, 1.807) is 24.4 Å². The molecular weight excluding hydrogens is 264 g/mol. The zero-order chi connectivity index (χ0) is 13.7. The van der Waals surface area contributed by atoms with Gasteiger partial charge in [-0.3, -0.25) is 9.78 Å². The van der Waals surface area contributed by atoms with E-state index in [2.05, 4.69) is 10.3 Å². The quantitative estimate of drug-likeness (QED) is 0.818. The van der Waals surface area contributed by atoms with Crippen LogP contribution in [0.4, 0.5) is 0 Å². The summed E-state index contributed by atoms with van der Waals surface area (Å²) in [5, 5.41) is 2.79. The lowest BCUT2D eigenvalue weighted by Gasteiger charge is -2.08. The summed E-state index contributed by atoms with van der Waals surface area (Å²) < 4.78 is 22.6. The Balaban J connectivity index is 1.66. The molecule has 2 heterocycles. The zero-order valence-electron chi connectivity index (χ0n) is 10.7. The fourth-order valence-corrected chi connectivity index (χ4v) is 4.19. The third kappa shape index (κ3) is 4.31. The Kier molecular flexibility index (Phi) is 4.52. The van der Waals surface area contributed by atoms with Gasteiger partial charge in [0.25, 0.3) is 5.91 Å². The highest BCUT2D eigenvalue weighted by Crippen LogP contribution is 2.22. The van der Waals surface area contributed by atoms with Crippen molar-refractivity contribution in [3.05, 3.63) is 30.1 Å². The lowest BCUT2D eigenvalue weighted by Crippen LogP contribution is -2.25. The lowest BCUT2D eigenvalue weighted by atomic mass is 10.0. The smallest absolute Gasteiger partial charge is 0.269 e. The van der Waals surface area contributed by atoms with Gasteiger partial charge in [0.2, 0.25) is 0 Å². The summed E-state index contributed by atoms with van der Waals surface area (Å²) in [6.45, 7) is 0.561. The molecule has 104 valence electrons. The lowest BCUT2D eigenvalue weighted by molar-refractivity contribution is 0.0947. The van der Waals surface area contributed by atoms with Crippen molar-refractivity contribution < 1.29 is 13.2 Å². The van der Waals surface area contributed by atoms with Crippen LogP contribution in [0.3, 0.4) is 0 Å². The molecular formula is C13H18N2O3S. The van der Waals surface area contributed by atoms with Gasteiger partial charge in [-0.05, 0) is 37.3 Å². The summed E-state index contributed by atoms with van der Waals surface area (Å²) >= 11 is 0. The van der Waals surface area contributed by atoms with Crippen molar-refractivity contribution in [3.8, 4) is 0 Å². The van der Waals surface area contributed by atoms with E-state index in [-0.39, 0.29) is 11.8 Å². The van der Waals surface area contributed by atoms with Crippen molar-refractivity contribution in [1.29, 1.82) is 0 Å². The zero-order valence-corrected chi connectivity index (χ0v) is 11.5. The third-order valence-electron chi connectivity index (χ3n) is 3.30. The first-order valence-corrected chi connectivity index (χ1v) is 8.28. The standard InChI is InChI=1S/C13H18N2O3S/c16-13(12-5-1-2-7-14-12)15-8-3-4-11-6-9-19(17,18)10-11/h1-2,5,7,11H,3-4,6,8-10H2,(H,15,16). The van der Waals surface area contributed by atoms with E-state index in [0.717, 1.165) is 19.3 Å². The molecule has 0 aromatic carbocycles. The number of aromatic nitrogens is 1. The topological polar surface area (TPSA) is 76.1 Å². The first-order valence-electron chi connectivity index (χ1n) is 6.46. The molecule has 1 N–H and O–H groups in total. The van der Waals surface area contributed by atoms with Gasteiger partial charge in [0.1, 0.15) is 5.69 Å². The Hall–Kier alpha value is -1.43. The minimum Gasteiger partial charge on any atom is -0.351 e. The first kappa shape index (κ1) is 14.0. The molecule has 0 bridgehead atoms. The Morgan fingerprint density at radius 1 is 1.42 bits per heavy atom. The van der Waals surface area contributed by atoms with E-state index in [9.17, 15) is 13.2 Å². The molecule has 1 aliphatic rings. The summed E-state index contributed by atoms with van der Waals surface area (Å²) in [6.07, 6.45) is 4.00. The first-order chi connectivity index (χ1) is 9.07. The minimum absolute atomic E-state index is 0.181. The van der Waals surface area contributed by atoms with Crippen LogP contribution < -0.4 is 5.32 Å². The number of hydrogen-bond donors (Lipinski definition) is 1. The van der Waals surface area contributed by atoms with Crippen molar-refractivity contribution in [2.45, 2.75) is 19.3 Å². The number of amides is 1. The summed E-state index contributed by atoms with van der Waals surface area (Å²) in [5.74, 6) is 0.704. The molecule has 6 heteroatoms. The van der Waals surface area contributed by atoms with Gasteiger partial charge >= 0.3 is 0 Å². The van der Waals surface area contributed by atoms with Crippen LogP contribution in [0, 0.1) is 5.92 Å². The van der Waals surface area contributed by atoms with Gasteiger partial charge in [0.05, 0.1) is 11.5 Å². The van der Waals surface area contributed by atoms with Crippen LogP contribution >= 0.6 is 0 Å². The summed E-state index contributed by atoms with van der Waals surface area (Å²) in [7, 11) is -2.79. The third-order valence-corrected chi connectivity index (χ3v) is 5.14. The Labute approximate surface area is 113 Å². The van der Waals surface area contributed by atoms with E-state index in [1.807, 2.05) is 0 Å². The maximum atomic E-state index is 11.7. The predicted octanol–water partition coefficient (Wildman–Crippen LogP) is 1.03. The van der Waals surface area contributed by atoms with Crippen LogP contribution in [-0.2, 0) is 9.84 Å². The molecule has 0 radical (unpaired) electrons. The van der Waals surface area contributed by atoms with Crippen LogP contribution in [0.5, 0.6) is 0 Å².